The van der Waals surface area contributed by atoms with Gasteiger partial charge in [0.15, 0.2) is 0 Å². The number of carbonyl (C=O) groups excluding carboxylic acids is 1. The van der Waals surface area contributed by atoms with E-state index in [0.717, 1.165) is 23.2 Å². The molecule has 3 aromatic rings. The van der Waals surface area contributed by atoms with Gasteiger partial charge >= 0.3 is 0 Å². The number of carbonyl (C=O) groups is 1. The topological polar surface area (TPSA) is 66.5 Å². The Balaban J connectivity index is 1.80. The number of hydrogen-bond acceptors (Lipinski definition) is 3. The van der Waals surface area contributed by atoms with Crippen LogP contribution in [0.2, 0.25) is 0 Å². The van der Waals surface area contributed by atoms with Crippen LogP contribution in [0.5, 0.6) is 0 Å². The first-order chi connectivity index (χ1) is 14.9. The first-order valence-corrected chi connectivity index (χ1v) is 11.6. The Morgan fingerprint density at radius 2 is 1.84 bits per heavy atom. The molecule has 0 bridgehead atoms. The minimum atomic E-state index is -3.69. The van der Waals surface area contributed by atoms with Crippen molar-refractivity contribution in [3.05, 3.63) is 90.0 Å². The lowest BCUT2D eigenvalue weighted by atomic mass is 9.99. The van der Waals surface area contributed by atoms with Crippen molar-refractivity contribution >= 4 is 27.3 Å². The Kier molecular flexibility index (Phi) is 5.41. The van der Waals surface area contributed by atoms with E-state index < -0.39 is 10.0 Å². The predicted molar refractivity (Wildman–Crippen MR) is 125 cm³/mol. The van der Waals surface area contributed by atoms with Gasteiger partial charge in [0.2, 0.25) is 0 Å². The highest BCUT2D eigenvalue weighted by Crippen LogP contribution is 2.43. The van der Waals surface area contributed by atoms with Crippen molar-refractivity contribution in [3.8, 4) is 11.1 Å². The molecule has 31 heavy (non-hydrogen) atoms. The molecule has 1 aliphatic rings. The molecule has 0 atom stereocenters. The van der Waals surface area contributed by atoms with Crippen LogP contribution in [0.4, 0.5) is 11.4 Å². The molecule has 1 amide bonds. The monoisotopic (exact) mass is 432 g/mol. The summed E-state index contributed by atoms with van der Waals surface area (Å²) >= 11 is 0. The maximum atomic E-state index is 13.1. The van der Waals surface area contributed by atoms with Gasteiger partial charge in [-0.1, -0.05) is 49.4 Å². The number of amides is 1. The fourth-order valence-electron chi connectivity index (χ4n) is 3.97. The zero-order valence-corrected chi connectivity index (χ0v) is 18.4. The molecule has 0 fully saturated rings. The van der Waals surface area contributed by atoms with Crippen molar-refractivity contribution in [3.63, 3.8) is 0 Å². The van der Waals surface area contributed by atoms with Gasteiger partial charge in [0, 0.05) is 22.4 Å². The van der Waals surface area contributed by atoms with E-state index in [9.17, 15) is 13.2 Å². The number of nitrogens with zero attached hydrogens (tertiary/aromatic N) is 1. The molecule has 0 aromatic heterocycles. The van der Waals surface area contributed by atoms with E-state index >= 15 is 0 Å². The molecule has 158 valence electrons. The number of fused-ring (bicyclic) bond motifs is 3. The number of sulfonamides is 1. The number of hydrogen-bond donors (Lipinski definition) is 1. The highest BCUT2D eigenvalue weighted by atomic mass is 32.2. The number of aryl methyl sites for hydroxylation is 2. The van der Waals surface area contributed by atoms with Gasteiger partial charge < -0.3 is 5.32 Å². The van der Waals surface area contributed by atoms with Crippen molar-refractivity contribution in [1.82, 2.24) is 0 Å². The van der Waals surface area contributed by atoms with E-state index in [-0.39, 0.29) is 17.3 Å². The molecule has 1 aliphatic heterocycles. The van der Waals surface area contributed by atoms with Crippen molar-refractivity contribution in [2.75, 3.05) is 16.2 Å². The summed E-state index contributed by atoms with van der Waals surface area (Å²) in [5, 5.41) is 3.04. The van der Waals surface area contributed by atoms with Crippen LogP contribution in [0.15, 0.2) is 78.2 Å². The van der Waals surface area contributed by atoms with Crippen LogP contribution < -0.4 is 9.62 Å². The largest absolute Gasteiger partial charge is 0.321 e. The molecule has 5 nitrogen and oxygen atoms in total. The molecule has 1 N–H and O–H groups in total. The van der Waals surface area contributed by atoms with Crippen molar-refractivity contribution in [1.29, 1.82) is 0 Å². The third-order valence-corrected chi connectivity index (χ3v) is 7.38. The summed E-state index contributed by atoms with van der Waals surface area (Å²) in [6.07, 6.45) is 2.36. The molecule has 0 spiro atoms. The normalized spacial score (nSPS) is 13.8. The van der Waals surface area contributed by atoms with Gasteiger partial charge in [-0.05, 0) is 48.7 Å². The standard InChI is InChI=1S/C25H24N2O3S/c1-4-15-27-22-14-13-19(25(28)26-24-17(3)9-8-10-18(24)5-2)16-21(22)20-11-6-7-12-23(20)31(27,29)30/h4,6-14,16H,1,5,15H2,2-3H3,(H,26,28). The first kappa shape index (κ1) is 20.9. The highest BCUT2D eigenvalue weighted by molar-refractivity contribution is 7.93. The lowest BCUT2D eigenvalue weighted by molar-refractivity contribution is 0.102. The van der Waals surface area contributed by atoms with Gasteiger partial charge in [0.1, 0.15) is 0 Å². The smallest absolute Gasteiger partial charge is 0.265 e. The number of anilines is 2. The lowest BCUT2D eigenvalue weighted by Crippen LogP contribution is -2.34. The van der Waals surface area contributed by atoms with E-state index in [2.05, 4.69) is 18.8 Å². The van der Waals surface area contributed by atoms with Gasteiger partial charge in [0.25, 0.3) is 15.9 Å². The molecular formula is C25H24N2O3S. The third kappa shape index (κ3) is 3.53. The van der Waals surface area contributed by atoms with E-state index in [1.807, 2.05) is 25.1 Å². The molecule has 0 aliphatic carbocycles. The second-order valence-corrected chi connectivity index (χ2v) is 9.30. The lowest BCUT2D eigenvalue weighted by Gasteiger charge is -2.31. The summed E-state index contributed by atoms with van der Waals surface area (Å²) in [4.78, 5) is 13.3. The van der Waals surface area contributed by atoms with E-state index in [1.54, 1.807) is 48.5 Å². The molecular weight excluding hydrogens is 408 g/mol. The van der Waals surface area contributed by atoms with Crippen LogP contribution in [0.25, 0.3) is 11.1 Å². The summed E-state index contributed by atoms with van der Waals surface area (Å²) in [6.45, 7) is 7.87. The Morgan fingerprint density at radius 1 is 1.06 bits per heavy atom. The van der Waals surface area contributed by atoms with E-state index in [4.69, 9.17) is 0 Å². The van der Waals surface area contributed by atoms with Crippen molar-refractivity contribution in [2.45, 2.75) is 25.2 Å². The summed E-state index contributed by atoms with van der Waals surface area (Å²) < 4.78 is 27.6. The van der Waals surface area contributed by atoms with Crippen LogP contribution in [0, 0.1) is 6.92 Å². The highest BCUT2D eigenvalue weighted by Gasteiger charge is 2.34. The van der Waals surface area contributed by atoms with Gasteiger partial charge in [-0.3, -0.25) is 9.10 Å². The molecule has 0 unspecified atom stereocenters. The number of nitrogens with one attached hydrogen (secondary N) is 1. The second kappa shape index (κ2) is 8.04. The number of para-hydroxylation sites is 1. The summed E-state index contributed by atoms with van der Waals surface area (Å²) in [5.74, 6) is -0.229. The fraction of sp³-hybridized carbons (Fsp3) is 0.160. The molecule has 0 saturated carbocycles. The van der Waals surface area contributed by atoms with Crippen LogP contribution in [0.3, 0.4) is 0 Å². The minimum Gasteiger partial charge on any atom is -0.321 e. The zero-order valence-electron chi connectivity index (χ0n) is 17.6. The molecule has 3 aromatic carbocycles. The van der Waals surface area contributed by atoms with Gasteiger partial charge in [-0.25, -0.2) is 8.42 Å². The summed E-state index contributed by atoms with van der Waals surface area (Å²) in [7, 11) is -3.69. The van der Waals surface area contributed by atoms with Crippen molar-refractivity contribution in [2.24, 2.45) is 0 Å². The molecule has 0 saturated heterocycles. The Bertz CT molecular complexity index is 1300. The van der Waals surface area contributed by atoms with Crippen LogP contribution >= 0.6 is 0 Å². The summed E-state index contributed by atoms with van der Waals surface area (Å²) in [5.41, 5.74) is 5.21. The van der Waals surface area contributed by atoms with E-state index in [1.165, 1.54) is 4.31 Å². The molecule has 0 radical (unpaired) electrons. The third-order valence-electron chi connectivity index (χ3n) is 5.55. The quantitative estimate of drug-likeness (QED) is 0.566. The average molecular weight is 433 g/mol. The maximum absolute atomic E-state index is 13.1. The van der Waals surface area contributed by atoms with Crippen molar-refractivity contribution < 1.29 is 13.2 Å². The van der Waals surface area contributed by atoms with Crippen LogP contribution in [-0.4, -0.2) is 20.9 Å². The van der Waals surface area contributed by atoms with Gasteiger partial charge in [-0.15, -0.1) is 6.58 Å². The molecule has 1 heterocycles. The van der Waals surface area contributed by atoms with Gasteiger partial charge in [-0.2, -0.15) is 0 Å². The fourth-order valence-corrected chi connectivity index (χ4v) is 5.64. The predicted octanol–water partition coefficient (Wildman–Crippen LogP) is 5.17. The Hall–Kier alpha value is -3.38. The van der Waals surface area contributed by atoms with Crippen LogP contribution in [0.1, 0.15) is 28.4 Å². The Labute approximate surface area is 183 Å². The van der Waals surface area contributed by atoms with Gasteiger partial charge in [0.05, 0.1) is 17.1 Å². The average Bonchev–Trinajstić information content (AvgIpc) is 2.77. The SMILES string of the molecule is C=CCN1c2ccc(C(=O)Nc3c(C)cccc3CC)cc2-c2ccccc2S1(=O)=O. The minimum absolute atomic E-state index is 0.151. The first-order valence-electron chi connectivity index (χ1n) is 10.2. The number of benzene rings is 3. The Morgan fingerprint density at radius 3 is 2.58 bits per heavy atom. The number of rotatable bonds is 5. The second-order valence-electron chi connectivity index (χ2n) is 7.47. The van der Waals surface area contributed by atoms with E-state index in [0.29, 0.717) is 22.4 Å². The molecule has 6 heteroatoms. The zero-order chi connectivity index (χ0) is 22.2. The summed E-state index contributed by atoms with van der Waals surface area (Å²) in [6, 6.07) is 17.9. The van der Waals surface area contributed by atoms with Crippen LogP contribution in [-0.2, 0) is 16.4 Å². The molecule has 4 rings (SSSR count). The maximum Gasteiger partial charge on any atom is 0.265 e.